The van der Waals surface area contributed by atoms with E-state index in [9.17, 15) is 12.8 Å². The van der Waals surface area contributed by atoms with E-state index < -0.39 is 15.8 Å². The molecule has 0 bridgehead atoms. The topological polar surface area (TPSA) is 58.6 Å². The van der Waals surface area contributed by atoms with E-state index in [2.05, 4.69) is 5.32 Å². The van der Waals surface area contributed by atoms with Gasteiger partial charge in [0, 0.05) is 25.7 Å². The van der Waals surface area contributed by atoms with Gasteiger partial charge in [-0.2, -0.15) is 0 Å². The van der Waals surface area contributed by atoms with Crippen LogP contribution in [0.1, 0.15) is 24.9 Å². The van der Waals surface area contributed by atoms with E-state index in [-0.39, 0.29) is 17.5 Å². The molecule has 0 radical (unpaired) electrons. The van der Waals surface area contributed by atoms with Crippen LogP contribution in [0.25, 0.3) is 0 Å². The first-order chi connectivity index (χ1) is 9.94. The minimum absolute atomic E-state index is 0.0595. The fourth-order valence-corrected chi connectivity index (χ4v) is 3.95. The number of nitrogens with one attached hydrogen (secondary N) is 1. The predicted molar refractivity (Wildman–Crippen MR) is 79.3 cm³/mol. The minimum atomic E-state index is -3.05. The van der Waals surface area contributed by atoms with Crippen molar-refractivity contribution in [2.45, 2.75) is 19.4 Å². The number of sulfonamides is 1. The molecule has 1 aliphatic rings. The average Bonchev–Trinajstić information content (AvgIpc) is 2.77. The molecule has 1 heterocycles. The monoisotopic (exact) mass is 316 g/mol. The van der Waals surface area contributed by atoms with Gasteiger partial charge in [0.15, 0.2) is 11.6 Å². The third-order valence-electron chi connectivity index (χ3n) is 3.69. The summed E-state index contributed by atoms with van der Waals surface area (Å²) in [6.07, 6.45) is 0.696. The first-order valence-electron chi connectivity index (χ1n) is 6.98. The summed E-state index contributed by atoms with van der Waals surface area (Å²) in [5, 5.41) is 3.21. The third-order valence-corrected chi connectivity index (χ3v) is 5.65. The first-order valence-corrected chi connectivity index (χ1v) is 8.59. The van der Waals surface area contributed by atoms with E-state index in [1.807, 2.05) is 6.92 Å². The second-order valence-corrected chi connectivity index (χ2v) is 7.23. The van der Waals surface area contributed by atoms with Gasteiger partial charge in [0.25, 0.3) is 0 Å². The molecular weight excluding hydrogens is 295 g/mol. The van der Waals surface area contributed by atoms with Gasteiger partial charge in [-0.15, -0.1) is 0 Å². The van der Waals surface area contributed by atoms with Gasteiger partial charge in [-0.3, -0.25) is 0 Å². The van der Waals surface area contributed by atoms with Crippen molar-refractivity contribution in [2.75, 3.05) is 32.5 Å². The summed E-state index contributed by atoms with van der Waals surface area (Å²) in [5.74, 6) is 0.0616. The maximum Gasteiger partial charge on any atom is 0.214 e. The Morgan fingerprint density at radius 3 is 2.81 bits per heavy atom. The third kappa shape index (κ3) is 3.93. The highest BCUT2D eigenvalue weighted by Gasteiger charge is 2.27. The molecule has 0 saturated carbocycles. The molecule has 2 rings (SSSR count). The van der Waals surface area contributed by atoms with Crippen LogP contribution in [-0.2, 0) is 10.0 Å². The van der Waals surface area contributed by atoms with Crippen LogP contribution in [0.2, 0.25) is 0 Å². The number of halogens is 1. The molecule has 0 spiro atoms. The van der Waals surface area contributed by atoms with Crippen LogP contribution in [0.15, 0.2) is 18.2 Å². The van der Waals surface area contributed by atoms with E-state index in [1.165, 1.54) is 17.5 Å². The van der Waals surface area contributed by atoms with Gasteiger partial charge in [0.05, 0.1) is 12.9 Å². The summed E-state index contributed by atoms with van der Waals surface area (Å²) >= 11 is 0. The van der Waals surface area contributed by atoms with E-state index >= 15 is 0 Å². The lowest BCUT2D eigenvalue weighted by Gasteiger charge is -2.18. The van der Waals surface area contributed by atoms with Crippen LogP contribution in [0.3, 0.4) is 0 Å². The Hall–Kier alpha value is -1.18. The Balaban J connectivity index is 1.87. The Morgan fingerprint density at radius 2 is 2.24 bits per heavy atom. The highest BCUT2D eigenvalue weighted by atomic mass is 32.2. The van der Waals surface area contributed by atoms with Crippen molar-refractivity contribution in [3.05, 3.63) is 29.6 Å². The standard InChI is InChI=1S/C14H21FN2O3S/c1-11(12-4-5-14(20-2)13(15)10-12)16-6-8-17-7-3-9-21(17,18)19/h4-5,10-11,16H,3,6-9H2,1-2H3. The van der Waals surface area contributed by atoms with Gasteiger partial charge in [0.2, 0.25) is 10.0 Å². The number of benzene rings is 1. The van der Waals surface area contributed by atoms with E-state index in [0.717, 1.165) is 5.56 Å². The highest BCUT2D eigenvalue weighted by molar-refractivity contribution is 7.89. The van der Waals surface area contributed by atoms with Gasteiger partial charge in [0.1, 0.15) is 0 Å². The van der Waals surface area contributed by atoms with Crippen molar-refractivity contribution in [1.29, 1.82) is 0 Å². The molecule has 1 aromatic carbocycles. The molecule has 21 heavy (non-hydrogen) atoms. The molecule has 0 aromatic heterocycles. The van der Waals surface area contributed by atoms with Gasteiger partial charge in [-0.25, -0.2) is 17.1 Å². The number of ether oxygens (including phenoxy) is 1. The molecule has 1 saturated heterocycles. The van der Waals surface area contributed by atoms with Crippen LogP contribution >= 0.6 is 0 Å². The van der Waals surface area contributed by atoms with Crippen LogP contribution in [-0.4, -0.2) is 45.2 Å². The molecular formula is C14H21FN2O3S. The smallest absolute Gasteiger partial charge is 0.214 e. The Kier molecular flexibility index (Phi) is 5.18. The molecule has 1 aliphatic heterocycles. The summed E-state index contributed by atoms with van der Waals surface area (Å²) in [4.78, 5) is 0. The van der Waals surface area contributed by atoms with E-state index in [4.69, 9.17) is 4.74 Å². The van der Waals surface area contributed by atoms with Crippen LogP contribution < -0.4 is 10.1 Å². The average molecular weight is 316 g/mol. The molecule has 118 valence electrons. The lowest BCUT2D eigenvalue weighted by atomic mass is 10.1. The van der Waals surface area contributed by atoms with Gasteiger partial charge in [-0.05, 0) is 31.0 Å². The maximum atomic E-state index is 13.6. The van der Waals surface area contributed by atoms with Gasteiger partial charge in [-0.1, -0.05) is 6.07 Å². The summed E-state index contributed by atoms with van der Waals surface area (Å²) in [5.41, 5.74) is 0.803. The zero-order valence-electron chi connectivity index (χ0n) is 12.3. The molecule has 1 unspecified atom stereocenters. The van der Waals surface area contributed by atoms with Crippen molar-refractivity contribution in [3.8, 4) is 5.75 Å². The molecule has 1 atom stereocenters. The molecule has 5 nitrogen and oxygen atoms in total. The number of nitrogens with zero attached hydrogens (tertiary/aromatic N) is 1. The molecule has 0 aliphatic carbocycles. The summed E-state index contributed by atoms with van der Waals surface area (Å²) in [6, 6.07) is 4.76. The molecule has 7 heteroatoms. The van der Waals surface area contributed by atoms with Crippen molar-refractivity contribution in [3.63, 3.8) is 0 Å². The summed E-state index contributed by atoms with van der Waals surface area (Å²) in [7, 11) is -1.62. The van der Waals surface area contributed by atoms with Crippen molar-refractivity contribution >= 4 is 10.0 Å². The SMILES string of the molecule is COc1ccc(C(C)NCCN2CCCS2(=O)=O)cc1F. The second-order valence-electron chi connectivity index (χ2n) is 5.14. The Bertz CT molecular complexity index is 592. The van der Waals surface area contributed by atoms with Crippen LogP contribution in [0.4, 0.5) is 4.39 Å². The Labute approximate surface area is 125 Å². The number of hydrogen-bond acceptors (Lipinski definition) is 4. The lowest BCUT2D eigenvalue weighted by Crippen LogP contribution is -2.34. The maximum absolute atomic E-state index is 13.6. The molecule has 0 amide bonds. The highest BCUT2D eigenvalue weighted by Crippen LogP contribution is 2.21. The van der Waals surface area contributed by atoms with E-state index in [1.54, 1.807) is 12.1 Å². The van der Waals surface area contributed by atoms with Crippen LogP contribution in [0, 0.1) is 5.82 Å². The fourth-order valence-electron chi connectivity index (χ4n) is 2.42. The van der Waals surface area contributed by atoms with Gasteiger partial charge < -0.3 is 10.1 Å². The normalized spacial score (nSPS) is 19.6. The molecule has 1 fully saturated rings. The van der Waals surface area contributed by atoms with Crippen LogP contribution in [0.5, 0.6) is 5.75 Å². The van der Waals surface area contributed by atoms with Crippen molar-refractivity contribution in [1.82, 2.24) is 9.62 Å². The first kappa shape index (κ1) is 16.2. The Morgan fingerprint density at radius 1 is 1.48 bits per heavy atom. The van der Waals surface area contributed by atoms with Crippen molar-refractivity contribution < 1.29 is 17.5 Å². The largest absolute Gasteiger partial charge is 0.494 e. The fraction of sp³-hybridized carbons (Fsp3) is 0.571. The number of methoxy groups -OCH3 is 1. The zero-order valence-corrected chi connectivity index (χ0v) is 13.1. The predicted octanol–water partition coefficient (Wildman–Crippen LogP) is 1.52. The molecule has 1 N–H and O–H groups in total. The molecule has 1 aromatic rings. The number of rotatable bonds is 6. The summed E-state index contributed by atoms with van der Waals surface area (Å²) < 4.78 is 43.3. The second kappa shape index (κ2) is 6.72. The quantitative estimate of drug-likeness (QED) is 0.864. The lowest BCUT2D eigenvalue weighted by molar-refractivity contribution is 0.385. The minimum Gasteiger partial charge on any atom is -0.494 e. The number of hydrogen-bond donors (Lipinski definition) is 1. The summed E-state index contributed by atoms with van der Waals surface area (Å²) in [6.45, 7) is 3.49. The van der Waals surface area contributed by atoms with Gasteiger partial charge >= 0.3 is 0 Å². The van der Waals surface area contributed by atoms with Crippen molar-refractivity contribution in [2.24, 2.45) is 0 Å². The zero-order chi connectivity index (χ0) is 15.5. The van der Waals surface area contributed by atoms with E-state index in [0.29, 0.717) is 26.1 Å².